The van der Waals surface area contributed by atoms with Crippen molar-refractivity contribution >= 4 is 21.5 Å². The Morgan fingerprint density at radius 2 is 1.90 bits per heavy atom. The molecular formula is C13H16N4O2S. The van der Waals surface area contributed by atoms with Crippen molar-refractivity contribution in [2.45, 2.75) is 18.7 Å². The van der Waals surface area contributed by atoms with E-state index in [-0.39, 0.29) is 4.90 Å². The van der Waals surface area contributed by atoms with Crippen molar-refractivity contribution in [3.05, 3.63) is 42.4 Å². The van der Waals surface area contributed by atoms with E-state index in [0.29, 0.717) is 11.5 Å². The SMILES string of the molecule is CCNc1ccc(S(=O)(=O)Nc2ccc(C)nc2)cn1. The second-order valence-corrected chi connectivity index (χ2v) is 5.89. The van der Waals surface area contributed by atoms with E-state index in [1.165, 1.54) is 18.5 Å². The van der Waals surface area contributed by atoms with E-state index in [1.54, 1.807) is 18.2 Å². The monoisotopic (exact) mass is 292 g/mol. The number of hydrogen-bond donors (Lipinski definition) is 2. The van der Waals surface area contributed by atoms with Crippen molar-refractivity contribution in [2.75, 3.05) is 16.6 Å². The zero-order valence-electron chi connectivity index (χ0n) is 11.3. The Bertz CT molecular complexity index is 667. The second kappa shape index (κ2) is 5.87. The molecule has 2 aromatic heterocycles. The van der Waals surface area contributed by atoms with Crippen LogP contribution in [0.1, 0.15) is 12.6 Å². The quantitative estimate of drug-likeness (QED) is 0.880. The highest BCUT2D eigenvalue weighted by molar-refractivity contribution is 7.92. The minimum Gasteiger partial charge on any atom is -0.370 e. The van der Waals surface area contributed by atoms with E-state index in [1.807, 2.05) is 13.8 Å². The highest BCUT2D eigenvalue weighted by Gasteiger charge is 2.14. The number of nitrogens with one attached hydrogen (secondary N) is 2. The summed E-state index contributed by atoms with van der Waals surface area (Å²) in [5.41, 5.74) is 1.25. The van der Waals surface area contributed by atoms with Crippen molar-refractivity contribution < 1.29 is 8.42 Å². The summed E-state index contributed by atoms with van der Waals surface area (Å²) in [5, 5.41) is 3.01. The lowest BCUT2D eigenvalue weighted by Crippen LogP contribution is -2.13. The molecule has 0 amide bonds. The van der Waals surface area contributed by atoms with Gasteiger partial charge >= 0.3 is 0 Å². The zero-order chi connectivity index (χ0) is 14.6. The molecule has 0 aliphatic rings. The van der Waals surface area contributed by atoms with Crippen LogP contribution in [0.2, 0.25) is 0 Å². The fraction of sp³-hybridized carbons (Fsp3) is 0.231. The molecule has 0 atom stereocenters. The first-order valence-corrected chi connectivity index (χ1v) is 7.65. The lowest BCUT2D eigenvalue weighted by atomic mass is 10.4. The number of hydrogen-bond acceptors (Lipinski definition) is 5. The summed E-state index contributed by atoms with van der Waals surface area (Å²) in [5.74, 6) is 0.642. The standard InChI is InChI=1S/C13H16N4O2S/c1-3-14-13-7-6-12(9-16-13)20(18,19)17-11-5-4-10(2)15-8-11/h4-9,17H,3H2,1-2H3,(H,14,16). The van der Waals surface area contributed by atoms with E-state index in [9.17, 15) is 8.42 Å². The van der Waals surface area contributed by atoms with Crippen molar-refractivity contribution in [1.82, 2.24) is 9.97 Å². The van der Waals surface area contributed by atoms with Gasteiger partial charge in [-0.2, -0.15) is 0 Å². The molecule has 0 unspecified atom stereocenters. The van der Waals surface area contributed by atoms with Gasteiger partial charge in [-0.25, -0.2) is 13.4 Å². The first-order valence-electron chi connectivity index (χ1n) is 6.16. The van der Waals surface area contributed by atoms with Gasteiger partial charge in [-0.1, -0.05) is 0 Å². The second-order valence-electron chi connectivity index (χ2n) is 4.20. The third kappa shape index (κ3) is 3.45. The topological polar surface area (TPSA) is 84.0 Å². The number of nitrogens with zero attached hydrogens (tertiary/aromatic N) is 2. The van der Waals surface area contributed by atoms with Gasteiger partial charge in [0, 0.05) is 18.4 Å². The first kappa shape index (κ1) is 14.3. The normalized spacial score (nSPS) is 11.1. The summed E-state index contributed by atoms with van der Waals surface area (Å²) in [4.78, 5) is 8.20. The molecule has 7 heteroatoms. The van der Waals surface area contributed by atoms with Crippen LogP contribution >= 0.6 is 0 Å². The molecule has 0 aromatic carbocycles. The maximum absolute atomic E-state index is 12.2. The maximum Gasteiger partial charge on any atom is 0.263 e. The summed E-state index contributed by atoms with van der Waals surface area (Å²) in [6.07, 6.45) is 2.80. The number of aryl methyl sites for hydroxylation is 1. The molecule has 2 aromatic rings. The zero-order valence-corrected chi connectivity index (χ0v) is 12.1. The fourth-order valence-corrected chi connectivity index (χ4v) is 2.55. The Morgan fingerprint density at radius 3 is 2.45 bits per heavy atom. The van der Waals surface area contributed by atoms with Gasteiger partial charge in [-0.05, 0) is 38.1 Å². The summed E-state index contributed by atoms with van der Waals surface area (Å²) in [7, 11) is -3.64. The molecule has 0 fully saturated rings. The van der Waals surface area contributed by atoms with Crippen molar-refractivity contribution in [3.63, 3.8) is 0 Å². The number of anilines is 2. The van der Waals surface area contributed by atoms with E-state index in [4.69, 9.17) is 0 Å². The first-order chi connectivity index (χ1) is 9.51. The number of rotatable bonds is 5. The summed E-state index contributed by atoms with van der Waals surface area (Å²) in [6.45, 7) is 4.51. The third-order valence-corrected chi connectivity index (χ3v) is 3.93. The van der Waals surface area contributed by atoms with Gasteiger partial charge in [-0.15, -0.1) is 0 Å². The van der Waals surface area contributed by atoms with Gasteiger partial charge < -0.3 is 5.32 Å². The molecule has 0 bridgehead atoms. The number of aromatic nitrogens is 2. The molecule has 0 aliphatic heterocycles. The third-order valence-electron chi connectivity index (χ3n) is 2.57. The maximum atomic E-state index is 12.2. The lowest BCUT2D eigenvalue weighted by molar-refractivity contribution is 0.601. The Morgan fingerprint density at radius 1 is 1.10 bits per heavy atom. The van der Waals surface area contributed by atoms with Gasteiger partial charge in [0.1, 0.15) is 10.7 Å². The molecule has 2 N–H and O–H groups in total. The lowest BCUT2D eigenvalue weighted by Gasteiger charge is -2.08. The van der Waals surface area contributed by atoms with Gasteiger partial charge in [0.25, 0.3) is 10.0 Å². The Balaban J connectivity index is 2.19. The fourth-order valence-electron chi connectivity index (χ4n) is 1.57. The Hall–Kier alpha value is -2.15. The average Bonchev–Trinajstić information content (AvgIpc) is 2.42. The molecule has 0 saturated heterocycles. The van der Waals surface area contributed by atoms with Crippen LogP contribution in [0.4, 0.5) is 11.5 Å². The van der Waals surface area contributed by atoms with Crippen LogP contribution in [-0.2, 0) is 10.0 Å². The summed E-state index contributed by atoms with van der Waals surface area (Å²) >= 11 is 0. The van der Waals surface area contributed by atoms with E-state index < -0.39 is 10.0 Å². The van der Waals surface area contributed by atoms with Crippen LogP contribution in [0.25, 0.3) is 0 Å². The molecule has 2 rings (SSSR count). The Kier molecular flexibility index (Phi) is 4.19. The molecule has 0 aliphatic carbocycles. The predicted octanol–water partition coefficient (Wildman–Crippen LogP) is 2.02. The van der Waals surface area contributed by atoms with Crippen molar-refractivity contribution in [1.29, 1.82) is 0 Å². The largest absolute Gasteiger partial charge is 0.370 e. The molecular weight excluding hydrogens is 276 g/mol. The van der Waals surface area contributed by atoms with Crippen LogP contribution in [0.15, 0.2) is 41.6 Å². The number of sulfonamides is 1. The Labute approximate surface area is 118 Å². The highest BCUT2D eigenvalue weighted by atomic mass is 32.2. The molecule has 2 heterocycles. The molecule has 0 radical (unpaired) electrons. The smallest absolute Gasteiger partial charge is 0.263 e. The van der Waals surface area contributed by atoms with E-state index in [0.717, 1.165) is 12.2 Å². The minimum atomic E-state index is -3.64. The van der Waals surface area contributed by atoms with Gasteiger partial charge in [0.2, 0.25) is 0 Å². The minimum absolute atomic E-state index is 0.111. The van der Waals surface area contributed by atoms with Crippen LogP contribution in [0.5, 0.6) is 0 Å². The molecule has 6 nitrogen and oxygen atoms in total. The molecule has 0 saturated carbocycles. The molecule has 0 spiro atoms. The summed E-state index contributed by atoms with van der Waals surface area (Å²) < 4.78 is 26.8. The molecule has 106 valence electrons. The van der Waals surface area contributed by atoms with Crippen LogP contribution in [-0.4, -0.2) is 24.9 Å². The molecule has 20 heavy (non-hydrogen) atoms. The summed E-state index contributed by atoms with van der Waals surface area (Å²) in [6, 6.07) is 6.55. The van der Waals surface area contributed by atoms with Crippen LogP contribution < -0.4 is 10.0 Å². The van der Waals surface area contributed by atoms with E-state index >= 15 is 0 Å². The van der Waals surface area contributed by atoms with Gasteiger partial charge in [0.15, 0.2) is 0 Å². The van der Waals surface area contributed by atoms with Crippen LogP contribution in [0.3, 0.4) is 0 Å². The van der Waals surface area contributed by atoms with E-state index in [2.05, 4.69) is 20.0 Å². The highest BCUT2D eigenvalue weighted by Crippen LogP contribution is 2.16. The van der Waals surface area contributed by atoms with Crippen LogP contribution in [0, 0.1) is 6.92 Å². The van der Waals surface area contributed by atoms with Gasteiger partial charge in [-0.3, -0.25) is 9.71 Å². The number of pyridine rings is 2. The van der Waals surface area contributed by atoms with Gasteiger partial charge in [0.05, 0.1) is 11.9 Å². The average molecular weight is 292 g/mol. The van der Waals surface area contributed by atoms with Crippen molar-refractivity contribution in [2.24, 2.45) is 0 Å². The predicted molar refractivity (Wildman–Crippen MR) is 78.2 cm³/mol. The van der Waals surface area contributed by atoms with Crippen molar-refractivity contribution in [3.8, 4) is 0 Å².